The van der Waals surface area contributed by atoms with E-state index in [-0.39, 0.29) is 0 Å². The quantitative estimate of drug-likeness (QED) is 0.242. The number of amidine groups is 1. The van der Waals surface area contributed by atoms with Crippen molar-refractivity contribution in [2.45, 2.75) is 19.3 Å². The summed E-state index contributed by atoms with van der Waals surface area (Å²) >= 11 is 1.29. The third kappa shape index (κ3) is 4.19. The number of nitrogens with zero attached hydrogens (tertiary/aromatic N) is 3. The lowest BCUT2D eigenvalue weighted by Crippen LogP contribution is -2.35. The smallest absolute Gasteiger partial charge is 0.263 e. The molecule has 0 spiro atoms. The first-order valence-electron chi connectivity index (χ1n) is 10.0. The zero-order valence-corrected chi connectivity index (χ0v) is 18.4. The molecule has 2 aromatic carbocycles. The molecule has 3 aromatic rings. The number of carbonyl (C=O) groups is 1. The molecule has 10 heteroatoms. The number of hydrogen-bond donors (Lipinski definition) is 3. The van der Waals surface area contributed by atoms with Gasteiger partial charge in [-0.05, 0) is 48.6 Å². The third-order valence-corrected chi connectivity index (χ3v) is 6.17. The first-order valence-corrected chi connectivity index (χ1v) is 10.8. The minimum Gasteiger partial charge on any atom is -0.311 e. The second kappa shape index (κ2) is 9.01. The van der Waals surface area contributed by atoms with E-state index in [1.54, 1.807) is 14.1 Å². The number of hydrazone groups is 1. The van der Waals surface area contributed by atoms with Crippen LogP contribution in [0.3, 0.4) is 0 Å². The molecule has 0 radical (unpaired) electrons. The molecular weight excluding hydrogens is 434 g/mol. The van der Waals surface area contributed by atoms with Crippen molar-refractivity contribution >= 4 is 28.2 Å². The first kappa shape index (κ1) is 21.8. The van der Waals surface area contributed by atoms with Crippen molar-refractivity contribution < 1.29 is 13.6 Å². The standard InChI is InChI=1S/C22H22F2N6OS/c1-26-29-20(30(2)25)13-9-10-14-12(11-13)5-3-8-17-19(14)32-22(27-17)28-21(31)18-15(23)6-4-7-16(18)24/h4,6-7,9-11,26H,3,5,8,25H2,1-2H3,(H,27,28,31)/b29-20-. The van der Waals surface area contributed by atoms with E-state index >= 15 is 0 Å². The van der Waals surface area contributed by atoms with E-state index in [1.807, 2.05) is 12.1 Å². The molecule has 0 saturated heterocycles. The maximum atomic E-state index is 14.0. The Morgan fingerprint density at radius 1 is 1.22 bits per heavy atom. The van der Waals surface area contributed by atoms with Crippen LogP contribution in [-0.4, -0.2) is 35.8 Å². The van der Waals surface area contributed by atoms with Gasteiger partial charge in [-0.25, -0.2) is 19.6 Å². The summed E-state index contributed by atoms with van der Waals surface area (Å²) in [7, 11) is 3.43. The second-order valence-electron chi connectivity index (χ2n) is 7.34. The molecule has 7 nitrogen and oxygen atoms in total. The number of nitrogens with two attached hydrogens (primary N) is 1. The minimum atomic E-state index is -0.914. The van der Waals surface area contributed by atoms with Crippen LogP contribution in [0.25, 0.3) is 10.4 Å². The van der Waals surface area contributed by atoms with E-state index < -0.39 is 23.1 Å². The van der Waals surface area contributed by atoms with Gasteiger partial charge in [-0.2, -0.15) is 5.10 Å². The number of carbonyl (C=O) groups excluding carboxylic acids is 1. The maximum Gasteiger partial charge on any atom is 0.263 e. The van der Waals surface area contributed by atoms with Gasteiger partial charge in [-0.3, -0.25) is 15.1 Å². The average Bonchev–Trinajstić information content (AvgIpc) is 3.05. The molecule has 4 N–H and O–H groups in total. The zero-order valence-electron chi connectivity index (χ0n) is 17.6. The van der Waals surface area contributed by atoms with Gasteiger partial charge in [0.1, 0.15) is 17.2 Å². The van der Waals surface area contributed by atoms with Crippen LogP contribution in [-0.2, 0) is 12.8 Å². The van der Waals surface area contributed by atoms with Gasteiger partial charge in [0.25, 0.3) is 5.91 Å². The summed E-state index contributed by atoms with van der Waals surface area (Å²) in [4.78, 5) is 17.9. The van der Waals surface area contributed by atoms with Crippen LogP contribution in [0.2, 0.25) is 0 Å². The number of rotatable bonds is 4. The molecule has 1 amide bonds. The van der Waals surface area contributed by atoms with Crippen LogP contribution in [0.5, 0.6) is 0 Å². The number of benzene rings is 2. The number of fused-ring (bicyclic) bond motifs is 3. The number of amides is 1. The van der Waals surface area contributed by atoms with Gasteiger partial charge < -0.3 is 5.43 Å². The lowest BCUT2D eigenvalue weighted by atomic mass is 10.0. The summed E-state index contributed by atoms with van der Waals surface area (Å²) in [6, 6.07) is 9.29. The molecule has 1 aromatic heterocycles. The highest BCUT2D eigenvalue weighted by molar-refractivity contribution is 7.19. The van der Waals surface area contributed by atoms with Crippen molar-refractivity contribution in [3.8, 4) is 10.4 Å². The molecule has 1 heterocycles. The SMILES string of the molecule is CN/N=C(/c1ccc2c(c1)CCCc1nc(NC(=O)c3c(F)cccc3F)sc1-2)N(C)N. The van der Waals surface area contributed by atoms with Crippen LogP contribution in [0.4, 0.5) is 13.9 Å². The van der Waals surface area contributed by atoms with Crippen LogP contribution < -0.4 is 16.6 Å². The van der Waals surface area contributed by atoms with Crippen LogP contribution >= 0.6 is 11.3 Å². The maximum absolute atomic E-state index is 14.0. The zero-order chi connectivity index (χ0) is 22.8. The van der Waals surface area contributed by atoms with E-state index in [2.05, 4.69) is 26.9 Å². The van der Waals surface area contributed by atoms with Gasteiger partial charge in [0, 0.05) is 19.7 Å². The highest BCUT2D eigenvalue weighted by Crippen LogP contribution is 2.39. The Morgan fingerprint density at radius 2 is 1.97 bits per heavy atom. The number of hydrazine groups is 1. The Balaban J connectivity index is 1.67. The topological polar surface area (TPSA) is 95.6 Å². The van der Waals surface area contributed by atoms with Crippen molar-refractivity contribution in [1.29, 1.82) is 0 Å². The van der Waals surface area contributed by atoms with Gasteiger partial charge >= 0.3 is 0 Å². The number of aromatic nitrogens is 1. The van der Waals surface area contributed by atoms with E-state index in [4.69, 9.17) is 5.84 Å². The van der Waals surface area contributed by atoms with Gasteiger partial charge in [-0.15, -0.1) is 0 Å². The predicted octanol–water partition coefficient (Wildman–Crippen LogP) is 3.52. The Labute approximate surface area is 187 Å². The Morgan fingerprint density at radius 3 is 2.66 bits per heavy atom. The Kier molecular flexibility index (Phi) is 6.15. The summed E-state index contributed by atoms with van der Waals surface area (Å²) in [6.45, 7) is 0. The summed E-state index contributed by atoms with van der Waals surface area (Å²) in [5, 5.41) is 8.54. The first-order chi connectivity index (χ1) is 15.4. The van der Waals surface area contributed by atoms with Gasteiger partial charge in [-0.1, -0.05) is 29.5 Å². The van der Waals surface area contributed by atoms with Crippen molar-refractivity contribution in [1.82, 2.24) is 15.4 Å². The van der Waals surface area contributed by atoms with E-state index in [9.17, 15) is 13.6 Å². The van der Waals surface area contributed by atoms with E-state index in [0.717, 1.165) is 58.7 Å². The lowest BCUT2D eigenvalue weighted by Gasteiger charge is -2.17. The normalized spacial score (nSPS) is 13.1. The summed E-state index contributed by atoms with van der Waals surface area (Å²) < 4.78 is 27.9. The fourth-order valence-electron chi connectivity index (χ4n) is 3.72. The second-order valence-corrected chi connectivity index (χ2v) is 8.34. The van der Waals surface area contributed by atoms with Crippen molar-refractivity contribution in [2.75, 3.05) is 19.4 Å². The molecule has 0 aliphatic heterocycles. The molecule has 32 heavy (non-hydrogen) atoms. The number of nitrogens with one attached hydrogen (secondary N) is 2. The predicted molar refractivity (Wildman–Crippen MR) is 121 cm³/mol. The van der Waals surface area contributed by atoms with Crippen LogP contribution in [0, 0.1) is 11.6 Å². The number of aryl methyl sites for hydroxylation is 2. The van der Waals surface area contributed by atoms with Crippen molar-refractivity contribution in [3.63, 3.8) is 0 Å². The molecule has 0 atom stereocenters. The van der Waals surface area contributed by atoms with Gasteiger partial charge in [0.15, 0.2) is 11.0 Å². The summed E-state index contributed by atoms with van der Waals surface area (Å²) in [5.74, 6) is 3.83. The molecule has 0 saturated carbocycles. The molecule has 1 aliphatic rings. The minimum absolute atomic E-state index is 0.304. The molecule has 0 fully saturated rings. The Bertz CT molecular complexity index is 1190. The Hall–Kier alpha value is -3.37. The highest BCUT2D eigenvalue weighted by atomic mass is 32.1. The average molecular weight is 457 g/mol. The lowest BCUT2D eigenvalue weighted by molar-refractivity contribution is 0.101. The highest BCUT2D eigenvalue weighted by Gasteiger charge is 2.23. The molecular formula is C22H22F2N6OS. The molecule has 4 rings (SSSR count). The summed E-state index contributed by atoms with van der Waals surface area (Å²) in [6.07, 6.45) is 2.46. The third-order valence-electron chi connectivity index (χ3n) is 5.13. The van der Waals surface area contributed by atoms with E-state index in [1.165, 1.54) is 22.4 Å². The van der Waals surface area contributed by atoms with Crippen LogP contribution in [0.15, 0.2) is 41.5 Å². The van der Waals surface area contributed by atoms with Crippen LogP contribution in [0.1, 0.15) is 33.6 Å². The van der Waals surface area contributed by atoms with Crippen molar-refractivity contribution in [3.05, 3.63) is 70.4 Å². The number of anilines is 1. The molecule has 1 aliphatic carbocycles. The number of halogens is 2. The van der Waals surface area contributed by atoms with Gasteiger partial charge in [0.2, 0.25) is 0 Å². The fourth-order valence-corrected chi connectivity index (χ4v) is 4.79. The molecule has 0 bridgehead atoms. The molecule has 0 unspecified atom stereocenters. The van der Waals surface area contributed by atoms with E-state index in [0.29, 0.717) is 11.0 Å². The number of hydrogen-bond acceptors (Lipinski definition) is 6. The summed E-state index contributed by atoms with van der Waals surface area (Å²) in [5.41, 5.74) is 6.00. The fraction of sp³-hybridized carbons (Fsp3) is 0.227. The molecule has 166 valence electrons. The largest absolute Gasteiger partial charge is 0.311 e. The monoisotopic (exact) mass is 456 g/mol. The number of thiazole rings is 1. The van der Waals surface area contributed by atoms with Gasteiger partial charge in [0.05, 0.1) is 10.6 Å². The van der Waals surface area contributed by atoms with Crippen molar-refractivity contribution in [2.24, 2.45) is 10.9 Å².